The number of aromatic nitrogens is 3. The Labute approximate surface area is 172 Å². The molecular weight excluding hydrogens is 364 g/mol. The number of benzene rings is 1. The zero-order valence-electron chi connectivity index (χ0n) is 17.3. The van der Waals surface area contributed by atoms with Crippen molar-refractivity contribution in [3.63, 3.8) is 0 Å². The van der Waals surface area contributed by atoms with E-state index in [0.717, 1.165) is 25.1 Å². The summed E-state index contributed by atoms with van der Waals surface area (Å²) >= 11 is 0. The van der Waals surface area contributed by atoms with Gasteiger partial charge >= 0.3 is 0 Å². The molecule has 1 aromatic carbocycles. The van der Waals surface area contributed by atoms with Crippen LogP contribution in [0.4, 0.5) is 0 Å². The Kier molecular flexibility index (Phi) is 7.00. The van der Waals surface area contributed by atoms with Crippen LogP contribution >= 0.6 is 0 Å². The highest BCUT2D eigenvalue weighted by Crippen LogP contribution is 2.26. The fraction of sp³-hybridized carbons (Fsp3) is 0.348. The van der Waals surface area contributed by atoms with Crippen LogP contribution in [0.15, 0.2) is 55.2 Å². The number of unbranched alkanes of at least 4 members (excludes halogenated alkanes) is 1. The molecule has 3 aromatic rings. The van der Waals surface area contributed by atoms with E-state index >= 15 is 0 Å². The van der Waals surface area contributed by atoms with Crippen LogP contribution in [-0.2, 0) is 6.54 Å². The van der Waals surface area contributed by atoms with E-state index < -0.39 is 0 Å². The number of pyridine rings is 1. The molecule has 1 N–H and O–H groups in total. The lowest BCUT2D eigenvalue weighted by Gasteiger charge is -2.12. The first-order chi connectivity index (χ1) is 14.0. The maximum Gasteiger partial charge on any atom is 0.252 e. The number of rotatable bonds is 9. The van der Waals surface area contributed by atoms with Gasteiger partial charge in [-0.1, -0.05) is 19.9 Å². The summed E-state index contributed by atoms with van der Waals surface area (Å²) in [7, 11) is 0. The Hall–Kier alpha value is -3.15. The van der Waals surface area contributed by atoms with Crippen LogP contribution < -0.4 is 10.1 Å². The van der Waals surface area contributed by atoms with E-state index in [9.17, 15) is 4.79 Å². The summed E-state index contributed by atoms with van der Waals surface area (Å²) < 4.78 is 7.86. The second-order valence-electron chi connectivity index (χ2n) is 7.42. The average Bonchev–Trinajstić information content (AvgIpc) is 3.21. The highest BCUT2D eigenvalue weighted by molar-refractivity contribution is 5.93. The first-order valence-corrected chi connectivity index (χ1v) is 10.0. The largest absolute Gasteiger partial charge is 0.439 e. The van der Waals surface area contributed by atoms with Gasteiger partial charge in [-0.15, -0.1) is 0 Å². The van der Waals surface area contributed by atoms with Crippen molar-refractivity contribution in [1.29, 1.82) is 0 Å². The lowest BCUT2D eigenvalue weighted by atomic mass is 9.98. The van der Waals surface area contributed by atoms with Crippen LogP contribution in [0.25, 0.3) is 0 Å². The first-order valence-electron chi connectivity index (χ1n) is 10.0. The molecule has 0 spiro atoms. The summed E-state index contributed by atoms with van der Waals surface area (Å²) in [5.74, 6) is 1.57. The number of imidazole rings is 1. The van der Waals surface area contributed by atoms with Gasteiger partial charge < -0.3 is 14.6 Å². The van der Waals surface area contributed by atoms with Crippen molar-refractivity contribution in [2.24, 2.45) is 0 Å². The minimum absolute atomic E-state index is 0.121. The van der Waals surface area contributed by atoms with Gasteiger partial charge in [0.15, 0.2) is 0 Å². The molecule has 6 nitrogen and oxygen atoms in total. The van der Waals surface area contributed by atoms with Gasteiger partial charge in [-0.2, -0.15) is 0 Å². The second kappa shape index (κ2) is 9.87. The molecule has 29 heavy (non-hydrogen) atoms. The lowest BCUT2D eigenvalue weighted by Crippen LogP contribution is -2.24. The zero-order valence-corrected chi connectivity index (χ0v) is 17.3. The van der Waals surface area contributed by atoms with Gasteiger partial charge in [0.2, 0.25) is 5.88 Å². The monoisotopic (exact) mass is 392 g/mol. The third kappa shape index (κ3) is 5.91. The number of carbonyl (C=O) groups is 1. The highest BCUT2D eigenvalue weighted by atomic mass is 16.5. The molecule has 2 aromatic heterocycles. The Morgan fingerprint density at radius 1 is 1.21 bits per heavy atom. The quantitative estimate of drug-likeness (QED) is 0.535. The van der Waals surface area contributed by atoms with Crippen LogP contribution in [0.3, 0.4) is 0 Å². The molecule has 2 heterocycles. The van der Waals surface area contributed by atoms with Crippen molar-refractivity contribution < 1.29 is 9.53 Å². The molecule has 152 valence electrons. The van der Waals surface area contributed by atoms with Crippen LogP contribution in [0, 0.1) is 6.92 Å². The number of nitrogens with zero attached hydrogens (tertiary/aromatic N) is 3. The lowest BCUT2D eigenvalue weighted by molar-refractivity contribution is 0.0952. The van der Waals surface area contributed by atoms with E-state index in [0.29, 0.717) is 23.9 Å². The molecule has 0 aliphatic carbocycles. The SMILES string of the molecule is Cc1cc(Oc2ccc(C(=O)NCCCCn3ccnc3)cn2)ccc1C(C)C. The van der Waals surface area contributed by atoms with Gasteiger partial charge in [0, 0.05) is 37.7 Å². The predicted octanol–water partition coefficient (Wildman–Crippen LogP) is 4.71. The molecular formula is C23H28N4O2. The minimum atomic E-state index is -0.121. The standard InChI is InChI=1S/C23H28N4O2/c1-17(2)21-8-7-20(14-18(21)3)29-22-9-6-19(15-26-22)23(28)25-10-4-5-12-27-13-11-24-16-27/h6-9,11,13-17H,4-5,10,12H2,1-3H3,(H,25,28). The van der Waals surface area contributed by atoms with E-state index in [4.69, 9.17) is 4.74 Å². The zero-order chi connectivity index (χ0) is 20.6. The smallest absolute Gasteiger partial charge is 0.252 e. The van der Waals surface area contributed by atoms with Crippen molar-refractivity contribution in [2.75, 3.05) is 6.54 Å². The molecule has 0 aliphatic heterocycles. The van der Waals surface area contributed by atoms with E-state index in [1.54, 1.807) is 30.9 Å². The van der Waals surface area contributed by atoms with Gasteiger partial charge in [0.05, 0.1) is 11.9 Å². The third-order valence-electron chi connectivity index (χ3n) is 4.77. The summed E-state index contributed by atoms with van der Waals surface area (Å²) in [6.45, 7) is 7.97. The summed E-state index contributed by atoms with van der Waals surface area (Å²) in [6, 6.07) is 9.51. The number of carbonyl (C=O) groups excluding carboxylic acids is 1. The van der Waals surface area contributed by atoms with Gasteiger partial charge in [-0.25, -0.2) is 9.97 Å². The van der Waals surface area contributed by atoms with Gasteiger partial charge in [-0.3, -0.25) is 4.79 Å². The Morgan fingerprint density at radius 2 is 2.07 bits per heavy atom. The molecule has 6 heteroatoms. The third-order valence-corrected chi connectivity index (χ3v) is 4.77. The fourth-order valence-corrected chi connectivity index (χ4v) is 3.20. The number of nitrogens with one attached hydrogen (secondary N) is 1. The molecule has 0 saturated carbocycles. The second-order valence-corrected chi connectivity index (χ2v) is 7.42. The number of ether oxygens (including phenoxy) is 1. The van der Waals surface area contributed by atoms with Gasteiger partial charge in [0.1, 0.15) is 5.75 Å². The maximum absolute atomic E-state index is 12.2. The summed E-state index contributed by atoms with van der Waals surface area (Å²) in [4.78, 5) is 20.5. The summed E-state index contributed by atoms with van der Waals surface area (Å²) in [5.41, 5.74) is 3.03. The molecule has 0 radical (unpaired) electrons. The molecule has 3 rings (SSSR count). The Morgan fingerprint density at radius 3 is 2.72 bits per heavy atom. The first kappa shape index (κ1) is 20.6. The van der Waals surface area contributed by atoms with Gasteiger partial charge in [-0.05, 0) is 55.0 Å². The molecule has 0 atom stereocenters. The number of amides is 1. The summed E-state index contributed by atoms with van der Waals surface area (Å²) in [6.07, 6.45) is 8.94. The highest BCUT2D eigenvalue weighted by Gasteiger charge is 2.08. The maximum atomic E-state index is 12.2. The van der Waals surface area contributed by atoms with Crippen molar-refractivity contribution in [2.45, 2.75) is 46.1 Å². The molecule has 0 unspecified atom stereocenters. The van der Waals surface area contributed by atoms with Crippen molar-refractivity contribution in [3.05, 3.63) is 71.9 Å². The normalized spacial score (nSPS) is 10.9. The topological polar surface area (TPSA) is 69.0 Å². The Balaban J connectivity index is 1.46. The number of hydrogen-bond donors (Lipinski definition) is 1. The van der Waals surface area contributed by atoms with Crippen molar-refractivity contribution in [1.82, 2.24) is 19.9 Å². The van der Waals surface area contributed by atoms with E-state index in [1.165, 1.54) is 11.1 Å². The average molecular weight is 393 g/mol. The molecule has 0 saturated heterocycles. The molecule has 0 fully saturated rings. The number of hydrogen-bond acceptors (Lipinski definition) is 4. The molecule has 0 aliphatic rings. The van der Waals surface area contributed by atoms with Gasteiger partial charge in [0.25, 0.3) is 5.91 Å². The predicted molar refractivity (Wildman–Crippen MR) is 113 cm³/mol. The fourth-order valence-electron chi connectivity index (χ4n) is 3.20. The van der Waals surface area contributed by atoms with E-state index in [1.807, 2.05) is 22.9 Å². The Bertz CT molecular complexity index is 919. The van der Waals surface area contributed by atoms with Crippen molar-refractivity contribution in [3.8, 4) is 11.6 Å². The number of aryl methyl sites for hydroxylation is 2. The van der Waals surface area contributed by atoms with Crippen LogP contribution in [0.1, 0.15) is 54.1 Å². The van der Waals surface area contributed by atoms with Crippen LogP contribution in [0.2, 0.25) is 0 Å². The van der Waals surface area contributed by atoms with Crippen LogP contribution in [0.5, 0.6) is 11.6 Å². The van der Waals surface area contributed by atoms with E-state index in [-0.39, 0.29) is 5.91 Å². The molecule has 1 amide bonds. The van der Waals surface area contributed by atoms with E-state index in [2.05, 4.69) is 42.1 Å². The van der Waals surface area contributed by atoms with Crippen molar-refractivity contribution >= 4 is 5.91 Å². The minimum Gasteiger partial charge on any atom is -0.439 e. The summed E-state index contributed by atoms with van der Waals surface area (Å²) in [5, 5.41) is 2.93. The van der Waals surface area contributed by atoms with Crippen LogP contribution in [-0.4, -0.2) is 27.0 Å². The molecule has 0 bridgehead atoms.